The van der Waals surface area contributed by atoms with Gasteiger partial charge in [-0.25, -0.2) is 14.4 Å². The quantitative estimate of drug-likeness (QED) is 0.457. The molecule has 0 aliphatic heterocycles. The first kappa shape index (κ1) is 20.8. The zero-order valence-electron chi connectivity index (χ0n) is 15.7. The van der Waals surface area contributed by atoms with Gasteiger partial charge in [-0.1, -0.05) is 0 Å². The smallest absolute Gasteiger partial charge is 0.408 e. The van der Waals surface area contributed by atoms with E-state index in [0.29, 0.717) is 23.1 Å². The summed E-state index contributed by atoms with van der Waals surface area (Å²) >= 11 is 1.55. The highest BCUT2D eigenvalue weighted by atomic mass is 32.2. The van der Waals surface area contributed by atoms with Crippen LogP contribution < -0.4 is 15.7 Å². The number of benzene rings is 1. The van der Waals surface area contributed by atoms with Gasteiger partial charge in [-0.2, -0.15) is 11.8 Å². The van der Waals surface area contributed by atoms with Crippen LogP contribution in [-0.2, 0) is 9.53 Å². The fourth-order valence-electron chi connectivity index (χ4n) is 2.23. The number of hydrogen-bond donors (Lipinski definition) is 1. The number of thioether (sulfide) groups is 1. The van der Waals surface area contributed by atoms with Gasteiger partial charge in [0, 0.05) is 17.5 Å². The highest BCUT2D eigenvalue weighted by Gasteiger charge is 2.25. The Balaban J connectivity index is 2.12. The van der Waals surface area contributed by atoms with Crippen LogP contribution in [0.3, 0.4) is 0 Å². The van der Waals surface area contributed by atoms with E-state index in [0.717, 1.165) is 0 Å². The standard InChI is InChI=1S/C19H23NO6S/c1-19(2,3)26-18(23)20-14(9-10-27-4)17(22)24-13-7-5-12-6-8-16(21)25-15(12)11-13/h5-8,11,14H,9-10H2,1-4H3,(H,20,23)/t14-/m1/s1. The Kier molecular flexibility index (Phi) is 6.90. The van der Waals surface area contributed by atoms with Crippen molar-refractivity contribution in [3.63, 3.8) is 0 Å². The zero-order chi connectivity index (χ0) is 20.0. The summed E-state index contributed by atoms with van der Waals surface area (Å²) in [5.74, 6) is 0.261. The first-order valence-corrected chi connectivity index (χ1v) is 9.81. The minimum absolute atomic E-state index is 0.224. The molecule has 1 aromatic heterocycles. The van der Waals surface area contributed by atoms with Crippen molar-refractivity contribution in [1.29, 1.82) is 0 Å². The highest BCUT2D eigenvalue weighted by Crippen LogP contribution is 2.20. The number of alkyl carbamates (subject to hydrolysis) is 1. The van der Waals surface area contributed by atoms with Crippen molar-refractivity contribution in [2.75, 3.05) is 12.0 Å². The predicted molar refractivity (Wildman–Crippen MR) is 104 cm³/mol. The Bertz CT molecular complexity index is 870. The molecule has 0 saturated heterocycles. The van der Waals surface area contributed by atoms with Crippen LogP contribution in [0.15, 0.2) is 39.5 Å². The summed E-state index contributed by atoms with van der Waals surface area (Å²) in [6, 6.07) is 6.83. The molecule has 1 heterocycles. The minimum Gasteiger partial charge on any atom is -0.444 e. The van der Waals surface area contributed by atoms with Gasteiger partial charge in [0.15, 0.2) is 0 Å². The predicted octanol–water partition coefficient (Wildman–Crippen LogP) is 3.34. The first-order chi connectivity index (χ1) is 12.7. The third-order valence-electron chi connectivity index (χ3n) is 3.40. The molecule has 0 spiro atoms. The summed E-state index contributed by atoms with van der Waals surface area (Å²) in [6.45, 7) is 5.22. The van der Waals surface area contributed by atoms with Crippen LogP contribution in [0.25, 0.3) is 11.0 Å². The Morgan fingerprint density at radius 2 is 1.93 bits per heavy atom. The van der Waals surface area contributed by atoms with E-state index < -0.39 is 29.3 Å². The molecule has 0 radical (unpaired) electrons. The molecule has 1 N–H and O–H groups in total. The van der Waals surface area contributed by atoms with E-state index in [4.69, 9.17) is 13.9 Å². The molecule has 7 nitrogen and oxygen atoms in total. The van der Waals surface area contributed by atoms with Crippen molar-refractivity contribution < 1.29 is 23.5 Å². The van der Waals surface area contributed by atoms with Gasteiger partial charge in [0.2, 0.25) is 0 Å². The Morgan fingerprint density at radius 1 is 1.22 bits per heavy atom. The number of nitrogens with one attached hydrogen (secondary N) is 1. The van der Waals surface area contributed by atoms with Gasteiger partial charge in [-0.05, 0) is 57.4 Å². The Morgan fingerprint density at radius 3 is 2.59 bits per heavy atom. The van der Waals surface area contributed by atoms with Crippen LogP contribution in [0.1, 0.15) is 27.2 Å². The van der Waals surface area contributed by atoms with Crippen molar-refractivity contribution in [3.05, 3.63) is 40.8 Å². The number of fused-ring (bicyclic) bond motifs is 1. The third-order valence-corrected chi connectivity index (χ3v) is 4.04. The fourth-order valence-corrected chi connectivity index (χ4v) is 2.70. The second kappa shape index (κ2) is 8.94. The lowest BCUT2D eigenvalue weighted by molar-refractivity contribution is -0.136. The van der Waals surface area contributed by atoms with Gasteiger partial charge in [0.25, 0.3) is 0 Å². The van der Waals surface area contributed by atoms with Gasteiger partial charge < -0.3 is 19.2 Å². The molecular formula is C19H23NO6S. The van der Waals surface area contributed by atoms with Crippen molar-refractivity contribution >= 4 is 34.8 Å². The molecule has 146 valence electrons. The summed E-state index contributed by atoms with van der Waals surface area (Å²) in [5, 5.41) is 3.26. The summed E-state index contributed by atoms with van der Waals surface area (Å²) < 4.78 is 15.7. The number of carbonyl (C=O) groups excluding carboxylic acids is 2. The molecule has 1 amide bonds. The van der Waals surface area contributed by atoms with Crippen molar-refractivity contribution in [3.8, 4) is 5.75 Å². The number of carbonyl (C=O) groups is 2. The number of amides is 1. The summed E-state index contributed by atoms with van der Waals surface area (Å²) in [5.41, 5.74) is -0.850. The lowest BCUT2D eigenvalue weighted by atomic mass is 10.2. The van der Waals surface area contributed by atoms with Crippen LogP contribution in [0, 0.1) is 0 Å². The molecule has 0 saturated carbocycles. The molecule has 0 fully saturated rings. The zero-order valence-corrected chi connectivity index (χ0v) is 16.6. The van der Waals surface area contributed by atoms with E-state index in [9.17, 15) is 14.4 Å². The largest absolute Gasteiger partial charge is 0.444 e. The molecule has 1 atom stereocenters. The topological polar surface area (TPSA) is 94.8 Å². The molecule has 2 rings (SSSR count). The number of rotatable bonds is 6. The van der Waals surface area contributed by atoms with Gasteiger partial charge >= 0.3 is 17.7 Å². The second-order valence-electron chi connectivity index (χ2n) is 6.86. The maximum Gasteiger partial charge on any atom is 0.408 e. The molecular weight excluding hydrogens is 370 g/mol. The third kappa shape index (κ3) is 6.63. The van der Waals surface area contributed by atoms with Crippen LogP contribution in [0.4, 0.5) is 4.79 Å². The van der Waals surface area contributed by atoms with Crippen LogP contribution >= 0.6 is 11.8 Å². The second-order valence-corrected chi connectivity index (χ2v) is 7.84. The average molecular weight is 393 g/mol. The number of esters is 1. The minimum atomic E-state index is -0.856. The normalized spacial score (nSPS) is 12.4. The molecule has 0 unspecified atom stereocenters. The number of hydrogen-bond acceptors (Lipinski definition) is 7. The Hall–Kier alpha value is -2.48. The van der Waals surface area contributed by atoms with Crippen LogP contribution in [0.5, 0.6) is 5.75 Å². The number of ether oxygens (including phenoxy) is 2. The van der Waals surface area contributed by atoms with E-state index in [1.54, 1.807) is 50.7 Å². The van der Waals surface area contributed by atoms with E-state index in [-0.39, 0.29) is 5.75 Å². The average Bonchev–Trinajstić information content (AvgIpc) is 2.56. The van der Waals surface area contributed by atoms with Gasteiger partial charge in [0.1, 0.15) is 23.0 Å². The van der Waals surface area contributed by atoms with E-state index >= 15 is 0 Å². The fraction of sp³-hybridized carbons (Fsp3) is 0.421. The van der Waals surface area contributed by atoms with Crippen LogP contribution in [-0.4, -0.2) is 35.7 Å². The molecule has 1 aromatic carbocycles. The molecule has 27 heavy (non-hydrogen) atoms. The molecule has 0 aliphatic carbocycles. The van der Waals surface area contributed by atoms with Gasteiger partial charge in [-0.15, -0.1) is 0 Å². The highest BCUT2D eigenvalue weighted by molar-refractivity contribution is 7.98. The van der Waals surface area contributed by atoms with Crippen molar-refractivity contribution in [2.24, 2.45) is 0 Å². The lowest BCUT2D eigenvalue weighted by Gasteiger charge is -2.22. The van der Waals surface area contributed by atoms with E-state index in [1.807, 2.05) is 6.26 Å². The first-order valence-electron chi connectivity index (χ1n) is 8.42. The van der Waals surface area contributed by atoms with Crippen molar-refractivity contribution in [2.45, 2.75) is 38.8 Å². The van der Waals surface area contributed by atoms with E-state index in [2.05, 4.69) is 5.32 Å². The lowest BCUT2D eigenvalue weighted by Crippen LogP contribution is -2.45. The van der Waals surface area contributed by atoms with Crippen molar-refractivity contribution in [1.82, 2.24) is 5.32 Å². The summed E-state index contributed by atoms with van der Waals surface area (Å²) in [7, 11) is 0. The van der Waals surface area contributed by atoms with Gasteiger partial charge in [0.05, 0.1) is 0 Å². The van der Waals surface area contributed by atoms with E-state index in [1.165, 1.54) is 12.1 Å². The van der Waals surface area contributed by atoms with Gasteiger partial charge in [-0.3, -0.25) is 0 Å². The molecule has 0 aliphatic rings. The maximum absolute atomic E-state index is 12.5. The summed E-state index contributed by atoms with van der Waals surface area (Å²) in [4.78, 5) is 35.9. The Labute approximate surface area is 161 Å². The molecule has 2 aromatic rings. The molecule has 0 bridgehead atoms. The monoisotopic (exact) mass is 393 g/mol. The SMILES string of the molecule is CSCC[C@@H](NC(=O)OC(C)(C)C)C(=O)Oc1ccc2ccc(=O)oc2c1. The maximum atomic E-state index is 12.5. The molecule has 8 heteroatoms. The van der Waals surface area contributed by atoms with Crippen LogP contribution in [0.2, 0.25) is 0 Å². The summed E-state index contributed by atoms with van der Waals surface area (Å²) in [6.07, 6.45) is 1.61.